The van der Waals surface area contributed by atoms with Crippen LogP contribution >= 0.6 is 0 Å². The standard InChI is InChI=1S/C12H15N3/c1-15-8-3-2-5-10-6-4-7-12(14)11(10)9-13/h2,4-7,15H,3,8,14H2,1H3. The summed E-state index contributed by atoms with van der Waals surface area (Å²) >= 11 is 0. The van der Waals surface area contributed by atoms with Crippen LogP contribution in [0.3, 0.4) is 0 Å². The summed E-state index contributed by atoms with van der Waals surface area (Å²) in [6, 6.07) is 7.60. The summed E-state index contributed by atoms with van der Waals surface area (Å²) in [6.07, 6.45) is 4.91. The molecule has 0 amide bonds. The van der Waals surface area contributed by atoms with Gasteiger partial charge in [0.1, 0.15) is 6.07 Å². The van der Waals surface area contributed by atoms with Crippen LogP contribution in [-0.2, 0) is 0 Å². The molecule has 0 atom stereocenters. The molecule has 0 radical (unpaired) electrons. The number of hydrogen-bond acceptors (Lipinski definition) is 3. The quantitative estimate of drug-likeness (QED) is 0.576. The molecule has 0 bridgehead atoms. The maximum absolute atomic E-state index is 8.93. The molecule has 1 aromatic carbocycles. The van der Waals surface area contributed by atoms with E-state index >= 15 is 0 Å². The van der Waals surface area contributed by atoms with E-state index in [1.54, 1.807) is 6.07 Å². The molecule has 0 unspecified atom stereocenters. The molecule has 3 N–H and O–H groups in total. The number of hydrogen-bond donors (Lipinski definition) is 2. The molecule has 0 heterocycles. The Hall–Kier alpha value is -1.79. The molecular weight excluding hydrogens is 186 g/mol. The predicted molar refractivity (Wildman–Crippen MR) is 63.1 cm³/mol. The molecule has 0 aliphatic heterocycles. The highest BCUT2D eigenvalue weighted by Crippen LogP contribution is 2.17. The lowest BCUT2D eigenvalue weighted by atomic mass is 10.1. The summed E-state index contributed by atoms with van der Waals surface area (Å²) in [6.45, 7) is 0.931. The Morgan fingerprint density at radius 2 is 2.33 bits per heavy atom. The Morgan fingerprint density at radius 1 is 1.53 bits per heavy atom. The van der Waals surface area contributed by atoms with Crippen molar-refractivity contribution >= 4 is 11.8 Å². The van der Waals surface area contributed by atoms with E-state index in [0.717, 1.165) is 18.5 Å². The van der Waals surface area contributed by atoms with Crippen molar-refractivity contribution in [3.8, 4) is 6.07 Å². The zero-order valence-corrected chi connectivity index (χ0v) is 8.83. The van der Waals surface area contributed by atoms with Gasteiger partial charge < -0.3 is 11.1 Å². The van der Waals surface area contributed by atoms with Gasteiger partial charge in [-0.2, -0.15) is 5.26 Å². The Bertz CT molecular complexity index is 388. The van der Waals surface area contributed by atoms with Gasteiger partial charge >= 0.3 is 0 Å². The van der Waals surface area contributed by atoms with Crippen LogP contribution in [0.25, 0.3) is 6.08 Å². The van der Waals surface area contributed by atoms with Crippen molar-refractivity contribution in [1.29, 1.82) is 5.26 Å². The van der Waals surface area contributed by atoms with Gasteiger partial charge in [0.25, 0.3) is 0 Å². The summed E-state index contributed by atoms with van der Waals surface area (Å²) < 4.78 is 0. The van der Waals surface area contributed by atoms with Crippen LogP contribution in [0, 0.1) is 11.3 Å². The SMILES string of the molecule is CNCCC=Cc1cccc(N)c1C#N. The highest BCUT2D eigenvalue weighted by molar-refractivity contribution is 5.67. The van der Waals surface area contributed by atoms with Crippen LogP contribution in [0.2, 0.25) is 0 Å². The third-order valence-corrected chi connectivity index (χ3v) is 2.10. The van der Waals surface area contributed by atoms with Crippen LogP contribution in [0.15, 0.2) is 24.3 Å². The van der Waals surface area contributed by atoms with E-state index in [4.69, 9.17) is 11.0 Å². The Labute approximate surface area is 90.2 Å². The average molecular weight is 201 g/mol. The average Bonchev–Trinajstić information content (AvgIpc) is 2.24. The van der Waals surface area contributed by atoms with Gasteiger partial charge in [-0.1, -0.05) is 24.3 Å². The zero-order valence-electron chi connectivity index (χ0n) is 8.83. The number of nitrogens with one attached hydrogen (secondary N) is 1. The lowest BCUT2D eigenvalue weighted by molar-refractivity contribution is 0.809. The van der Waals surface area contributed by atoms with E-state index in [0.29, 0.717) is 11.3 Å². The van der Waals surface area contributed by atoms with E-state index in [-0.39, 0.29) is 0 Å². The Morgan fingerprint density at radius 3 is 3.00 bits per heavy atom. The van der Waals surface area contributed by atoms with Gasteiger partial charge in [-0.05, 0) is 31.6 Å². The molecule has 1 aromatic rings. The first-order chi connectivity index (χ1) is 7.29. The number of nitrogen functional groups attached to an aromatic ring is 1. The fourth-order valence-corrected chi connectivity index (χ4v) is 1.29. The van der Waals surface area contributed by atoms with Crippen molar-refractivity contribution in [1.82, 2.24) is 5.32 Å². The first-order valence-corrected chi connectivity index (χ1v) is 4.89. The summed E-state index contributed by atoms with van der Waals surface area (Å²) in [4.78, 5) is 0. The monoisotopic (exact) mass is 201 g/mol. The second-order valence-corrected chi connectivity index (χ2v) is 3.22. The lowest BCUT2D eigenvalue weighted by Crippen LogP contribution is -2.05. The van der Waals surface area contributed by atoms with Crippen LogP contribution in [0.5, 0.6) is 0 Å². The van der Waals surface area contributed by atoms with Crippen LogP contribution in [0.4, 0.5) is 5.69 Å². The van der Waals surface area contributed by atoms with Gasteiger partial charge in [-0.15, -0.1) is 0 Å². The second-order valence-electron chi connectivity index (χ2n) is 3.22. The van der Waals surface area contributed by atoms with Crippen LogP contribution < -0.4 is 11.1 Å². The molecule has 0 fully saturated rings. The summed E-state index contributed by atoms with van der Waals surface area (Å²) in [5.41, 5.74) is 7.67. The second kappa shape index (κ2) is 5.84. The number of rotatable bonds is 4. The number of nitriles is 1. The number of anilines is 1. The van der Waals surface area contributed by atoms with E-state index in [2.05, 4.69) is 11.4 Å². The first-order valence-electron chi connectivity index (χ1n) is 4.89. The molecule has 78 valence electrons. The van der Waals surface area contributed by atoms with E-state index < -0.39 is 0 Å². The number of nitrogens with two attached hydrogens (primary N) is 1. The summed E-state index contributed by atoms with van der Waals surface area (Å²) in [7, 11) is 1.91. The normalized spacial score (nSPS) is 10.4. The minimum atomic E-state index is 0.535. The minimum absolute atomic E-state index is 0.535. The van der Waals surface area contributed by atoms with Crippen molar-refractivity contribution in [2.75, 3.05) is 19.3 Å². The van der Waals surface area contributed by atoms with Gasteiger partial charge in [-0.3, -0.25) is 0 Å². The fourth-order valence-electron chi connectivity index (χ4n) is 1.29. The largest absolute Gasteiger partial charge is 0.398 e. The molecule has 0 aliphatic carbocycles. The summed E-state index contributed by atoms with van der Waals surface area (Å²) in [5.74, 6) is 0. The molecular formula is C12H15N3. The third-order valence-electron chi connectivity index (χ3n) is 2.10. The number of benzene rings is 1. The molecule has 1 rings (SSSR count). The third kappa shape index (κ3) is 3.12. The van der Waals surface area contributed by atoms with E-state index in [1.165, 1.54) is 0 Å². The molecule has 0 aliphatic rings. The molecule has 0 aromatic heterocycles. The van der Waals surface area contributed by atoms with Crippen molar-refractivity contribution in [3.05, 3.63) is 35.4 Å². The Kier molecular flexibility index (Phi) is 4.39. The summed E-state index contributed by atoms with van der Waals surface area (Å²) in [5, 5.41) is 12.0. The van der Waals surface area contributed by atoms with Crippen molar-refractivity contribution < 1.29 is 0 Å². The Balaban J connectivity index is 2.81. The van der Waals surface area contributed by atoms with Gasteiger partial charge in [0.15, 0.2) is 0 Å². The maximum Gasteiger partial charge on any atom is 0.102 e. The predicted octanol–water partition coefficient (Wildman–Crippen LogP) is 1.76. The minimum Gasteiger partial charge on any atom is -0.398 e. The van der Waals surface area contributed by atoms with E-state index in [1.807, 2.05) is 31.3 Å². The van der Waals surface area contributed by atoms with Crippen molar-refractivity contribution in [2.24, 2.45) is 0 Å². The maximum atomic E-state index is 8.93. The van der Waals surface area contributed by atoms with Gasteiger partial charge in [0.05, 0.1) is 11.3 Å². The van der Waals surface area contributed by atoms with Crippen molar-refractivity contribution in [3.63, 3.8) is 0 Å². The van der Waals surface area contributed by atoms with Crippen LogP contribution in [-0.4, -0.2) is 13.6 Å². The highest BCUT2D eigenvalue weighted by Gasteiger charge is 2.01. The van der Waals surface area contributed by atoms with E-state index in [9.17, 15) is 0 Å². The first kappa shape index (κ1) is 11.3. The zero-order chi connectivity index (χ0) is 11.1. The molecule has 0 saturated carbocycles. The van der Waals surface area contributed by atoms with Gasteiger partial charge in [-0.25, -0.2) is 0 Å². The van der Waals surface area contributed by atoms with Crippen LogP contribution in [0.1, 0.15) is 17.5 Å². The smallest absolute Gasteiger partial charge is 0.102 e. The fraction of sp³-hybridized carbons (Fsp3) is 0.250. The number of nitrogens with zero attached hydrogens (tertiary/aromatic N) is 1. The highest BCUT2D eigenvalue weighted by atomic mass is 14.8. The molecule has 0 spiro atoms. The molecule has 3 nitrogen and oxygen atoms in total. The van der Waals surface area contributed by atoms with Gasteiger partial charge in [0, 0.05) is 0 Å². The van der Waals surface area contributed by atoms with Gasteiger partial charge in [0.2, 0.25) is 0 Å². The molecule has 3 heteroatoms. The topological polar surface area (TPSA) is 61.8 Å². The molecule has 0 saturated heterocycles. The van der Waals surface area contributed by atoms with Crippen molar-refractivity contribution in [2.45, 2.75) is 6.42 Å². The lowest BCUT2D eigenvalue weighted by Gasteiger charge is -2.00. The molecule has 15 heavy (non-hydrogen) atoms.